The summed E-state index contributed by atoms with van der Waals surface area (Å²) in [6.45, 7) is 2.08. The number of rotatable bonds is 6. The van der Waals surface area contributed by atoms with Gasteiger partial charge in [0.1, 0.15) is 0 Å². The maximum Gasteiger partial charge on any atom is 0.253 e. The highest BCUT2D eigenvalue weighted by Gasteiger charge is 2.11. The van der Waals surface area contributed by atoms with Crippen molar-refractivity contribution >= 4 is 34.8 Å². The third kappa shape index (κ3) is 5.91. The number of hydrogen-bond donors (Lipinski definition) is 3. The van der Waals surface area contributed by atoms with Gasteiger partial charge in [-0.15, -0.1) is 0 Å². The molecule has 0 fully saturated rings. The van der Waals surface area contributed by atoms with Gasteiger partial charge in [0.2, 0.25) is 5.91 Å². The predicted octanol–water partition coefficient (Wildman–Crippen LogP) is 2.44. The molecule has 0 bridgehead atoms. The van der Waals surface area contributed by atoms with Crippen molar-refractivity contribution in [1.82, 2.24) is 10.6 Å². The highest BCUT2D eigenvalue weighted by molar-refractivity contribution is 7.80. The molecule has 0 saturated heterocycles. The van der Waals surface area contributed by atoms with Crippen LogP contribution in [0.5, 0.6) is 0 Å². The molecule has 6 heteroatoms. The minimum Gasteiger partial charge on any atom is -0.355 e. The van der Waals surface area contributed by atoms with Gasteiger partial charge in [0.15, 0.2) is 5.11 Å². The van der Waals surface area contributed by atoms with Crippen molar-refractivity contribution in [2.24, 2.45) is 0 Å². The summed E-state index contributed by atoms with van der Waals surface area (Å²) in [6.07, 6.45) is 3.38. The number of anilines is 1. The number of hydrogen-bond acceptors (Lipinski definition) is 3. The normalized spacial score (nSPS) is 9.81. The molecule has 1 aromatic rings. The molecule has 0 atom stereocenters. The smallest absolute Gasteiger partial charge is 0.253 e. The van der Waals surface area contributed by atoms with Crippen molar-refractivity contribution < 1.29 is 9.59 Å². The zero-order chi connectivity index (χ0) is 15.7. The SMILES string of the molecule is CCCCCC(=O)NC(=S)Nc1ccccc1C(=O)NC. The largest absolute Gasteiger partial charge is 0.355 e. The lowest BCUT2D eigenvalue weighted by Gasteiger charge is -2.12. The number of para-hydroxylation sites is 1. The maximum absolute atomic E-state index is 11.7. The van der Waals surface area contributed by atoms with E-state index in [1.54, 1.807) is 31.3 Å². The molecule has 0 aliphatic carbocycles. The summed E-state index contributed by atoms with van der Waals surface area (Å²) < 4.78 is 0. The van der Waals surface area contributed by atoms with Crippen molar-refractivity contribution in [1.29, 1.82) is 0 Å². The highest BCUT2D eigenvalue weighted by Crippen LogP contribution is 2.14. The monoisotopic (exact) mass is 307 g/mol. The molecule has 2 amide bonds. The van der Waals surface area contributed by atoms with Crippen LogP contribution in [0.3, 0.4) is 0 Å². The first-order chi connectivity index (χ1) is 10.1. The summed E-state index contributed by atoms with van der Waals surface area (Å²) in [4.78, 5) is 23.4. The van der Waals surface area contributed by atoms with Gasteiger partial charge in [0.05, 0.1) is 11.3 Å². The molecule has 5 nitrogen and oxygen atoms in total. The van der Waals surface area contributed by atoms with E-state index in [4.69, 9.17) is 12.2 Å². The van der Waals surface area contributed by atoms with E-state index in [2.05, 4.69) is 22.9 Å². The molecule has 114 valence electrons. The topological polar surface area (TPSA) is 70.2 Å². The summed E-state index contributed by atoms with van der Waals surface area (Å²) in [5, 5.41) is 8.27. The van der Waals surface area contributed by atoms with Crippen LogP contribution in [0.4, 0.5) is 5.69 Å². The van der Waals surface area contributed by atoms with E-state index in [0.29, 0.717) is 17.7 Å². The Kier molecular flexibility index (Phi) is 7.39. The first-order valence-corrected chi connectivity index (χ1v) is 7.41. The van der Waals surface area contributed by atoms with Gasteiger partial charge in [-0.1, -0.05) is 31.9 Å². The Hall–Kier alpha value is -1.95. The molecule has 0 aliphatic rings. The van der Waals surface area contributed by atoms with E-state index in [1.165, 1.54) is 0 Å². The fraction of sp³-hybridized carbons (Fsp3) is 0.400. The van der Waals surface area contributed by atoms with Gasteiger partial charge < -0.3 is 16.0 Å². The van der Waals surface area contributed by atoms with Gasteiger partial charge in [-0.05, 0) is 30.8 Å². The number of unbranched alkanes of at least 4 members (excludes halogenated alkanes) is 2. The fourth-order valence-corrected chi connectivity index (χ4v) is 2.03. The number of carbonyl (C=O) groups excluding carboxylic acids is 2. The maximum atomic E-state index is 11.7. The summed E-state index contributed by atoms with van der Waals surface area (Å²) in [5.41, 5.74) is 1.04. The average molecular weight is 307 g/mol. The lowest BCUT2D eigenvalue weighted by Crippen LogP contribution is -2.34. The summed E-state index contributed by atoms with van der Waals surface area (Å²) >= 11 is 5.10. The molecule has 0 aliphatic heterocycles. The number of carbonyl (C=O) groups is 2. The van der Waals surface area contributed by atoms with Crippen LogP contribution < -0.4 is 16.0 Å². The van der Waals surface area contributed by atoms with Crippen LogP contribution in [0.25, 0.3) is 0 Å². The van der Waals surface area contributed by atoms with Gasteiger partial charge in [-0.2, -0.15) is 0 Å². The highest BCUT2D eigenvalue weighted by atomic mass is 32.1. The first-order valence-electron chi connectivity index (χ1n) is 7.00. The van der Waals surface area contributed by atoms with E-state index in [-0.39, 0.29) is 16.9 Å². The van der Waals surface area contributed by atoms with Crippen LogP contribution >= 0.6 is 12.2 Å². The molecular weight excluding hydrogens is 286 g/mol. The Bertz CT molecular complexity index is 517. The number of nitrogens with one attached hydrogen (secondary N) is 3. The Balaban J connectivity index is 2.59. The number of amides is 2. The molecule has 0 aromatic heterocycles. The molecule has 0 radical (unpaired) electrons. The lowest BCUT2D eigenvalue weighted by atomic mass is 10.1. The van der Waals surface area contributed by atoms with Gasteiger partial charge in [0.25, 0.3) is 5.91 Å². The van der Waals surface area contributed by atoms with Crippen LogP contribution in [0.1, 0.15) is 43.0 Å². The number of thiocarbonyl (C=S) groups is 1. The number of benzene rings is 1. The molecule has 0 unspecified atom stereocenters. The van der Waals surface area contributed by atoms with E-state index < -0.39 is 0 Å². The molecule has 0 heterocycles. The second-order valence-corrected chi connectivity index (χ2v) is 4.99. The minimum absolute atomic E-state index is 0.113. The molecular formula is C15H21N3O2S. The zero-order valence-electron chi connectivity index (χ0n) is 12.4. The van der Waals surface area contributed by atoms with Crippen molar-refractivity contribution in [3.8, 4) is 0 Å². The van der Waals surface area contributed by atoms with Gasteiger partial charge >= 0.3 is 0 Å². The van der Waals surface area contributed by atoms with Crippen LogP contribution in [0, 0.1) is 0 Å². The quantitative estimate of drug-likeness (QED) is 0.558. The van der Waals surface area contributed by atoms with Gasteiger partial charge in [-0.3, -0.25) is 9.59 Å². The van der Waals surface area contributed by atoms with Gasteiger partial charge in [-0.25, -0.2) is 0 Å². The molecule has 0 spiro atoms. The van der Waals surface area contributed by atoms with Crippen LogP contribution in [0.2, 0.25) is 0 Å². The van der Waals surface area contributed by atoms with Crippen LogP contribution in [-0.4, -0.2) is 24.0 Å². The van der Waals surface area contributed by atoms with Crippen molar-refractivity contribution in [2.45, 2.75) is 32.6 Å². The average Bonchev–Trinajstić information content (AvgIpc) is 2.47. The van der Waals surface area contributed by atoms with Crippen molar-refractivity contribution in [3.63, 3.8) is 0 Å². The van der Waals surface area contributed by atoms with Crippen LogP contribution in [0.15, 0.2) is 24.3 Å². The second kappa shape index (κ2) is 9.07. The Morgan fingerprint density at radius 2 is 1.90 bits per heavy atom. The van der Waals surface area contributed by atoms with Gasteiger partial charge in [0, 0.05) is 13.5 Å². The molecule has 0 saturated carbocycles. The van der Waals surface area contributed by atoms with E-state index >= 15 is 0 Å². The zero-order valence-corrected chi connectivity index (χ0v) is 13.2. The third-order valence-corrected chi connectivity index (χ3v) is 3.11. The predicted molar refractivity (Wildman–Crippen MR) is 88.3 cm³/mol. The fourth-order valence-electron chi connectivity index (χ4n) is 1.80. The Morgan fingerprint density at radius 1 is 1.19 bits per heavy atom. The second-order valence-electron chi connectivity index (χ2n) is 4.58. The Labute approximate surface area is 130 Å². The molecule has 3 N–H and O–H groups in total. The minimum atomic E-state index is -0.213. The summed E-state index contributed by atoms with van der Waals surface area (Å²) in [7, 11) is 1.56. The van der Waals surface area contributed by atoms with Crippen LogP contribution in [-0.2, 0) is 4.79 Å². The lowest BCUT2D eigenvalue weighted by molar-refractivity contribution is -0.119. The molecule has 1 rings (SSSR count). The molecule has 1 aromatic carbocycles. The standard InChI is InChI=1S/C15H21N3O2S/c1-3-4-5-10-13(19)18-15(21)17-12-9-7-6-8-11(12)14(20)16-2/h6-9H,3-5,10H2,1-2H3,(H,16,20)(H2,17,18,19,21). The van der Waals surface area contributed by atoms with E-state index in [1.807, 2.05) is 0 Å². The third-order valence-electron chi connectivity index (χ3n) is 2.91. The summed E-state index contributed by atoms with van der Waals surface area (Å²) in [5.74, 6) is -0.325. The van der Waals surface area contributed by atoms with Crippen molar-refractivity contribution in [2.75, 3.05) is 12.4 Å². The summed E-state index contributed by atoms with van der Waals surface area (Å²) in [6, 6.07) is 6.98. The Morgan fingerprint density at radius 3 is 2.57 bits per heavy atom. The van der Waals surface area contributed by atoms with Crippen molar-refractivity contribution in [3.05, 3.63) is 29.8 Å². The first kappa shape index (κ1) is 17.1. The molecule has 21 heavy (non-hydrogen) atoms. The van der Waals surface area contributed by atoms with E-state index in [9.17, 15) is 9.59 Å². The van der Waals surface area contributed by atoms with E-state index in [0.717, 1.165) is 19.3 Å².